The topological polar surface area (TPSA) is 43.1 Å². The Morgan fingerprint density at radius 2 is 1.61 bits per heavy atom. The first-order chi connectivity index (χ1) is 11.1. The molecule has 0 aromatic heterocycles. The van der Waals surface area contributed by atoms with Crippen LogP contribution in [0.1, 0.15) is 11.1 Å². The first kappa shape index (κ1) is 14.2. The Morgan fingerprint density at radius 1 is 0.870 bits per heavy atom. The molecule has 0 spiro atoms. The van der Waals surface area contributed by atoms with Crippen LogP contribution in [0.25, 0.3) is 22.3 Å². The first-order valence-electron chi connectivity index (χ1n) is 7.29. The Bertz CT molecular complexity index is 950. The standard InChI is InChI=1S/C19H12BrNO2/c20-18-7-3-6-16(19(18)21(22)23)14-9-8-13-10-12-4-1-2-5-15(12)17(13)11-14/h1-9,11H,10H2. The molecule has 0 fully saturated rings. The smallest absolute Gasteiger partial charge is 0.258 e. The van der Waals surface area contributed by atoms with Crippen LogP contribution in [0.3, 0.4) is 0 Å². The highest BCUT2D eigenvalue weighted by molar-refractivity contribution is 9.10. The minimum Gasteiger partial charge on any atom is -0.258 e. The highest BCUT2D eigenvalue weighted by atomic mass is 79.9. The quantitative estimate of drug-likeness (QED) is 0.343. The largest absolute Gasteiger partial charge is 0.291 e. The van der Waals surface area contributed by atoms with Crippen LogP contribution in [-0.4, -0.2) is 4.92 Å². The number of para-hydroxylation sites is 1. The highest BCUT2D eigenvalue weighted by Crippen LogP contribution is 2.41. The monoisotopic (exact) mass is 365 g/mol. The molecule has 0 saturated carbocycles. The molecule has 3 nitrogen and oxygen atoms in total. The number of rotatable bonds is 2. The van der Waals surface area contributed by atoms with E-state index in [2.05, 4.69) is 40.2 Å². The van der Waals surface area contributed by atoms with E-state index < -0.39 is 0 Å². The van der Waals surface area contributed by atoms with Gasteiger partial charge < -0.3 is 0 Å². The summed E-state index contributed by atoms with van der Waals surface area (Å²) >= 11 is 3.29. The Kier molecular flexibility index (Phi) is 3.27. The second-order valence-electron chi connectivity index (χ2n) is 5.60. The molecular weight excluding hydrogens is 354 g/mol. The zero-order valence-corrected chi connectivity index (χ0v) is 13.7. The predicted molar refractivity (Wildman–Crippen MR) is 94.5 cm³/mol. The summed E-state index contributed by atoms with van der Waals surface area (Å²) in [7, 11) is 0. The van der Waals surface area contributed by atoms with Crippen molar-refractivity contribution >= 4 is 21.6 Å². The molecule has 4 rings (SSSR count). The third kappa shape index (κ3) is 2.26. The average Bonchev–Trinajstić information content (AvgIpc) is 2.92. The fourth-order valence-corrected chi connectivity index (χ4v) is 3.74. The van der Waals surface area contributed by atoms with Gasteiger partial charge in [-0.2, -0.15) is 0 Å². The Labute approximate surface area is 141 Å². The number of nitrogens with zero attached hydrogens (tertiary/aromatic N) is 1. The maximum Gasteiger partial charge on any atom is 0.291 e. The molecule has 3 aromatic carbocycles. The van der Waals surface area contributed by atoms with Crippen LogP contribution in [0.4, 0.5) is 5.69 Å². The van der Waals surface area contributed by atoms with E-state index >= 15 is 0 Å². The highest BCUT2D eigenvalue weighted by Gasteiger charge is 2.22. The Hall–Kier alpha value is -2.46. The van der Waals surface area contributed by atoms with Gasteiger partial charge in [-0.15, -0.1) is 0 Å². The number of hydrogen-bond donors (Lipinski definition) is 0. The molecule has 1 aliphatic rings. The summed E-state index contributed by atoms with van der Waals surface area (Å²) in [5.74, 6) is 0. The molecule has 112 valence electrons. The molecule has 1 aliphatic carbocycles. The lowest BCUT2D eigenvalue weighted by Gasteiger charge is -2.08. The summed E-state index contributed by atoms with van der Waals surface area (Å²) in [4.78, 5) is 11.1. The molecular formula is C19H12BrNO2. The summed E-state index contributed by atoms with van der Waals surface area (Å²) in [5.41, 5.74) is 6.59. The van der Waals surface area contributed by atoms with Gasteiger partial charge in [-0.3, -0.25) is 10.1 Å². The molecule has 0 bridgehead atoms. The molecule has 3 aromatic rings. The predicted octanol–water partition coefficient (Wildman–Crippen LogP) is 5.60. The van der Waals surface area contributed by atoms with Crippen LogP contribution in [-0.2, 0) is 6.42 Å². The van der Waals surface area contributed by atoms with Gasteiger partial charge >= 0.3 is 0 Å². The SMILES string of the molecule is O=[N+]([O-])c1c(Br)cccc1-c1ccc2c(c1)-c1ccccc1C2. The second-order valence-corrected chi connectivity index (χ2v) is 6.45. The Balaban J connectivity index is 1.92. The molecule has 0 atom stereocenters. The maximum absolute atomic E-state index is 11.4. The molecule has 4 heteroatoms. The van der Waals surface area contributed by atoms with Crippen molar-refractivity contribution in [2.75, 3.05) is 0 Å². The average molecular weight is 366 g/mol. The van der Waals surface area contributed by atoms with E-state index in [1.54, 1.807) is 12.1 Å². The molecule has 0 saturated heterocycles. The lowest BCUT2D eigenvalue weighted by molar-refractivity contribution is -0.385. The maximum atomic E-state index is 11.4. The van der Waals surface area contributed by atoms with Crippen molar-refractivity contribution in [1.29, 1.82) is 0 Å². The van der Waals surface area contributed by atoms with Crippen molar-refractivity contribution in [3.63, 3.8) is 0 Å². The van der Waals surface area contributed by atoms with Crippen molar-refractivity contribution in [3.8, 4) is 22.3 Å². The number of nitro groups is 1. The summed E-state index contributed by atoms with van der Waals surface area (Å²) in [6.07, 6.45) is 0.923. The van der Waals surface area contributed by atoms with E-state index in [-0.39, 0.29) is 10.6 Å². The van der Waals surface area contributed by atoms with Gasteiger partial charge in [0.2, 0.25) is 0 Å². The Morgan fingerprint density at radius 3 is 2.43 bits per heavy atom. The number of benzene rings is 3. The molecule has 0 heterocycles. The molecule has 0 amide bonds. The minimum absolute atomic E-state index is 0.110. The van der Waals surface area contributed by atoms with Crippen molar-refractivity contribution in [2.45, 2.75) is 6.42 Å². The van der Waals surface area contributed by atoms with Gasteiger partial charge in [-0.25, -0.2) is 0 Å². The van der Waals surface area contributed by atoms with Crippen molar-refractivity contribution in [3.05, 3.63) is 86.4 Å². The van der Waals surface area contributed by atoms with Gasteiger partial charge in [0.1, 0.15) is 0 Å². The normalized spacial score (nSPS) is 11.9. The lowest BCUT2D eigenvalue weighted by atomic mass is 9.97. The number of nitro benzene ring substituents is 1. The van der Waals surface area contributed by atoms with Crippen LogP contribution in [0.5, 0.6) is 0 Å². The van der Waals surface area contributed by atoms with E-state index in [0.717, 1.165) is 12.0 Å². The summed E-state index contributed by atoms with van der Waals surface area (Å²) in [6, 6.07) is 19.8. The zero-order valence-electron chi connectivity index (χ0n) is 12.1. The summed E-state index contributed by atoms with van der Waals surface area (Å²) in [6.45, 7) is 0. The zero-order chi connectivity index (χ0) is 16.0. The minimum atomic E-state index is -0.333. The number of halogens is 1. The number of fused-ring (bicyclic) bond motifs is 3. The molecule has 0 radical (unpaired) electrons. The van der Waals surface area contributed by atoms with Gasteiger partial charge in [0, 0.05) is 0 Å². The van der Waals surface area contributed by atoms with Gasteiger partial charge in [-0.1, -0.05) is 42.5 Å². The second kappa shape index (κ2) is 5.32. The fourth-order valence-electron chi connectivity index (χ4n) is 3.23. The van der Waals surface area contributed by atoms with Crippen molar-refractivity contribution in [2.24, 2.45) is 0 Å². The van der Waals surface area contributed by atoms with E-state index in [1.165, 1.54) is 22.3 Å². The molecule has 0 aliphatic heterocycles. The van der Waals surface area contributed by atoms with Gasteiger partial charge in [0.25, 0.3) is 5.69 Å². The summed E-state index contributed by atoms with van der Waals surface area (Å²) in [5, 5.41) is 11.4. The van der Waals surface area contributed by atoms with Crippen LogP contribution in [0, 0.1) is 10.1 Å². The number of hydrogen-bond acceptors (Lipinski definition) is 2. The molecule has 0 unspecified atom stereocenters. The van der Waals surface area contributed by atoms with Crippen LogP contribution < -0.4 is 0 Å². The summed E-state index contributed by atoms with van der Waals surface area (Å²) < 4.78 is 0.501. The van der Waals surface area contributed by atoms with Gasteiger partial charge in [0.05, 0.1) is 15.0 Å². The van der Waals surface area contributed by atoms with Crippen molar-refractivity contribution < 1.29 is 4.92 Å². The third-order valence-electron chi connectivity index (χ3n) is 4.28. The van der Waals surface area contributed by atoms with E-state index in [0.29, 0.717) is 10.0 Å². The first-order valence-corrected chi connectivity index (χ1v) is 8.09. The van der Waals surface area contributed by atoms with Crippen LogP contribution in [0.2, 0.25) is 0 Å². The van der Waals surface area contributed by atoms with Gasteiger partial charge in [-0.05, 0) is 68.4 Å². The van der Waals surface area contributed by atoms with Gasteiger partial charge in [0.15, 0.2) is 0 Å². The lowest BCUT2D eigenvalue weighted by Crippen LogP contribution is -1.93. The van der Waals surface area contributed by atoms with E-state index in [9.17, 15) is 10.1 Å². The van der Waals surface area contributed by atoms with Crippen molar-refractivity contribution in [1.82, 2.24) is 0 Å². The van der Waals surface area contributed by atoms with Crippen LogP contribution >= 0.6 is 15.9 Å². The molecule has 23 heavy (non-hydrogen) atoms. The van der Waals surface area contributed by atoms with Crippen LogP contribution in [0.15, 0.2) is 65.1 Å². The fraction of sp³-hybridized carbons (Fsp3) is 0.0526. The van der Waals surface area contributed by atoms with E-state index in [1.807, 2.05) is 24.3 Å². The molecule has 0 N–H and O–H groups in total. The van der Waals surface area contributed by atoms with E-state index in [4.69, 9.17) is 0 Å². The third-order valence-corrected chi connectivity index (χ3v) is 4.92.